The third kappa shape index (κ3) is 4.05. The van der Waals surface area contributed by atoms with E-state index in [0.717, 1.165) is 48.2 Å². The van der Waals surface area contributed by atoms with Crippen LogP contribution in [0.3, 0.4) is 0 Å². The molecular formula is C30H37N3O2. The van der Waals surface area contributed by atoms with Gasteiger partial charge in [-0.1, -0.05) is 31.7 Å². The van der Waals surface area contributed by atoms with Gasteiger partial charge in [0, 0.05) is 41.6 Å². The van der Waals surface area contributed by atoms with E-state index in [9.17, 15) is 4.79 Å². The van der Waals surface area contributed by atoms with Crippen molar-refractivity contribution in [1.82, 2.24) is 5.32 Å². The van der Waals surface area contributed by atoms with E-state index in [-0.39, 0.29) is 23.0 Å². The lowest BCUT2D eigenvalue weighted by molar-refractivity contribution is 0.00678. The number of carbonyl (C=O) groups excluding carboxylic acids is 1. The third-order valence-electron chi connectivity index (χ3n) is 8.67. The van der Waals surface area contributed by atoms with Crippen LogP contribution < -0.4 is 10.2 Å². The second-order valence-corrected chi connectivity index (χ2v) is 10.8. The average molecular weight is 472 g/mol. The number of nitrogens with one attached hydrogen (secondary N) is 2. The van der Waals surface area contributed by atoms with E-state index >= 15 is 0 Å². The van der Waals surface area contributed by atoms with E-state index in [1.54, 1.807) is 13.2 Å². The molecule has 0 aromatic heterocycles. The molecule has 0 bridgehead atoms. The van der Waals surface area contributed by atoms with Crippen molar-refractivity contribution in [3.8, 4) is 0 Å². The van der Waals surface area contributed by atoms with Gasteiger partial charge in [-0.05, 0) is 92.0 Å². The summed E-state index contributed by atoms with van der Waals surface area (Å²) in [5, 5.41) is 12.3. The molecule has 2 aliphatic carbocycles. The molecule has 0 atom stereocenters. The minimum absolute atomic E-state index is 0.0692. The minimum Gasteiger partial charge on any atom is -0.381 e. The van der Waals surface area contributed by atoms with Gasteiger partial charge in [0.2, 0.25) is 0 Å². The van der Waals surface area contributed by atoms with Crippen LogP contribution in [0.2, 0.25) is 0 Å². The summed E-state index contributed by atoms with van der Waals surface area (Å²) >= 11 is 0. The fourth-order valence-electron chi connectivity index (χ4n) is 6.04. The topological polar surface area (TPSA) is 65.4 Å². The van der Waals surface area contributed by atoms with E-state index in [1.165, 1.54) is 30.4 Å². The summed E-state index contributed by atoms with van der Waals surface area (Å²) in [5.74, 6) is 0.0692. The smallest absolute Gasteiger partial charge is 0.258 e. The van der Waals surface area contributed by atoms with Crippen LogP contribution in [-0.4, -0.2) is 30.4 Å². The first kappa shape index (κ1) is 24.0. The Morgan fingerprint density at radius 1 is 1.29 bits per heavy atom. The number of amides is 1. The second-order valence-electron chi connectivity index (χ2n) is 10.8. The highest BCUT2D eigenvalue weighted by Gasteiger charge is 2.48. The van der Waals surface area contributed by atoms with Crippen LogP contribution in [-0.2, 0) is 29.7 Å². The summed E-state index contributed by atoms with van der Waals surface area (Å²) in [6.07, 6.45) is 7.96. The summed E-state index contributed by atoms with van der Waals surface area (Å²) in [7, 11) is 1.73. The number of hydrogen-bond donors (Lipinski definition) is 2. The molecule has 5 heteroatoms. The Bertz CT molecular complexity index is 1170. The Morgan fingerprint density at radius 3 is 2.69 bits per heavy atom. The van der Waals surface area contributed by atoms with Crippen molar-refractivity contribution in [2.45, 2.75) is 82.5 Å². The van der Waals surface area contributed by atoms with Gasteiger partial charge in [0.25, 0.3) is 5.91 Å². The number of rotatable bonds is 9. The number of allylic oxidation sites excluding steroid dienone is 1. The molecule has 5 rings (SSSR count). The summed E-state index contributed by atoms with van der Waals surface area (Å²) in [5.41, 5.74) is 6.76. The monoisotopic (exact) mass is 471 g/mol. The van der Waals surface area contributed by atoms with Gasteiger partial charge in [-0.3, -0.25) is 4.79 Å². The van der Waals surface area contributed by atoms with Crippen LogP contribution >= 0.6 is 0 Å². The van der Waals surface area contributed by atoms with Crippen molar-refractivity contribution in [1.29, 1.82) is 5.41 Å². The zero-order valence-electron chi connectivity index (χ0n) is 21.2. The maximum absolute atomic E-state index is 13.6. The van der Waals surface area contributed by atoms with Crippen LogP contribution in [0.5, 0.6) is 0 Å². The van der Waals surface area contributed by atoms with Crippen LogP contribution in [0.25, 0.3) is 0 Å². The molecule has 35 heavy (non-hydrogen) atoms. The molecule has 2 N–H and O–H groups in total. The fourth-order valence-corrected chi connectivity index (χ4v) is 6.04. The van der Waals surface area contributed by atoms with Gasteiger partial charge in [-0.2, -0.15) is 0 Å². The molecule has 5 nitrogen and oxygen atoms in total. The van der Waals surface area contributed by atoms with Crippen molar-refractivity contribution in [2.75, 3.05) is 12.0 Å². The molecule has 2 aromatic rings. The minimum atomic E-state index is -0.390. The quantitative estimate of drug-likeness (QED) is 0.462. The van der Waals surface area contributed by atoms with Gasteiger partial charge in [-0.15, -0.1) is 0 Å². The summed E-state index contributed by atoms with van der Waals surface area (Å²) in [4.78, 5) is 15.5. The summed E-state index contributed by atoms with van der Waals surface area (Å²) in [6.45, 7) is 9.71. The van der Waals surface area contributed by atoms with E-state index < -0.39 is 0 Å². The summed E-state index contributed by atoms with van der Waals surface area (Å²) in [6, 6.07) is 12.6. The number of anilines is 1. The molecule has 1 heterocycles. The molecule has 0 unspecified atom stereocenters. The van der Waals surface area contributed by atoms with Gasteiger partial charge in [0.05, 0.1) is 12.6 Å². The van der Waals surface area contributed by atoms with Crippen molar-refractivity contribution in [2.24, 2.45) is 0 Å². The van der Waals surface area contributed by atoms with Gasteiger partial charge < -0.3 is 20.4 Å². The molecule has 0 radical (unpaired) electrons. The first-order valence-corrected chi connectivity index (χ1v) is 12.9. The number of carbonyl (C=O) groups is 1. The predicted octanol–water partition coefficient (Wildman–Crippen LogP) is 5.69. The van der Waals surface area contributed by atoms with Crippen molar-refractivity contribution in [3.05, 3.63) is 76.9 Å². The molecule has 1 aliphatic heterocycles. The van der Waals surface area contributed by atoms with Crippen LogP contribution in [0.4, 0.5) is 5.69 Å². The lowest BCUT2D eigenvalue weighted by Gasteiger charge is -2.47. The Kier molecular flexibility index (Phi) is 6.18. The highest BCUT2D eigenvalue weighted by Crippen LogP contribution is 2.47. The Balaban J connectivity index is 1.42. The number of nitrogens with zero attached hydrogens (tertiary/aromatic N) is 1. The molecule has 0 saturated heterocycles. The molecule has 2 saturated carbocycles. The molecule has 184 valence electrons. The van der Waals surface area contributed by atoms with Crippen LogP contribution in [0, 0.1) is 5.41 Å². The van der Waals surface area contributed by atoms with Gasteiger partial charge in [0.1, 0.15) is 0 Å². The highest BCUT2D eigenvalue weighted by molar-refractivity contribution is 6.10. The standard InChI is InChI=1S/C30H37N3O2/c1-5-21-13-20(18-32-29(3)11-8-12-29)14-25-26(21)19-33(28(25)34)23-10-7-9-22(15-23)30(27(31)6-2)16-24(17-30)35-4/h6-7,9-10,13-15,24,31-32H,2,5,8,11-12,16-19H2,1,3-4H3. The first-order chi connectivity index (χ1) is 16.8. The maximum atomic E-state index is 13.6. The van der Waals surface area contributed by atoms with Crippen molar-refractivity contribution < 1.29 is 9.53 Å². The number of ether oxygens (including phenoxy) is 1. The van der Waals surface area contributed by atoms with E-state index in [4.69, 9.17) is 10.1 Å². The lowest BCUT2D eigenvalue weighted by atomic mass is 9.60. The van der Waals surface area contributed by atoms with E-state index in [1.807, 2.05) is 17.0 Å². The van der Waals surface area contributed by atoms with E-state index in [2.05, 4.69) is 50.0 Å². The van der Waals surface area contributed by atoms with Crippen molar-refractivity contribution in [3.63, 3.8) is 0 Å². The number of fused-ring (bicyclic) bond motifs is 1. The van der Waals surface area contributed by atoms with Crippen molar-refractivity contribution >= 4 is 17.3 Å². The van der Waals surface area contributed by atoms with Gasteiger partial charge >= 0.3 is 0 Å². The largest absolute Gasteiger partial charge is 0.381 e. The molecule has 2 fully saturated rings. The Hall–Kier alpha value is -2.76. The zero-order chi connectivity index (χ0) is 24.8. The Labute approximate surface area is 209 Å². The lowest BCUT2D eigenvalue weighted by Crippen LogP contribution is -2.50. The molecule has 3 aliphatic rings. The van der Waals surface area contributed by atoms with Gasteiger partial charge in [-0.25, -0.2) is 0 Å². The predicted molar refractivity (Wildman–Crippen MR) is 142 cm³/mol. The third-order valence-corrected chi connectivity index (χ3v) is 8.67. The molecular weight excluding hydrogens is 434 g/mol. The normalized spacial score (nSPS) is 24.5. The fraction of sp³-hybridized carbons (Fsp3) is 0.467. The van der Waals surface area contributed by atoms with Crippen LogP contribution in [0.15, 0.2) is 49.1 Å². The maximum Gasteiger partial charge on any atom is 0.258 e. The summed E-state index contributed by atoms with van der Waals surface area (Å²) < 4.78 is 5.53. The second kappa shape index (κ2) is 9.03. The first-order valence-electron chi connectivity index (χ1n) is 12.9. The zero-order valence-corrected chi connectivity index (χ0v) is 21.2. The number of methoxy groups -OCH3 is 1. The SMILES string of the molecule is C=CC(=N)C1(c2cccc(N3Cc4c(CC)cc(CNC5(C)CCC5)cc4C3=O)c2)CC(OC)C1. The molecule has 0 spiro atoms. The Morgan fingerprint density at radius 2 is 2.06 bits per heavy atom. The molecule has 2 aromatic carbocycles. The molecule has 1 amide bonds. The van der Waals surface area contributed by atoms with Gasteiger partial charge in [0.15, 0.2) is 0 Å². The highest BCUT2D eigenvalue weighted by atomic mass is 16.5. The van der Waals surface area contributed by atoms with Crippen LogP contribution in [0.1, 0.15) is 78.6 Å². The average Bonchev–Trinajstić information content (AvgIpc) is 3.17. The number of benzene rings is 2. The number of aryl methyl sites for hydroxylation is 1. The number of hydrogen-bond acceptors (Lipinski definition) is 4. The van der Waals surface area contributed by atoms with E-state index in [0.29, 0.717) is 12.3 Å².